The van der Waals surface area contributed by atoms with Crippen molar-refractivity contribution in [2.45, 2.75) is 6.54 Å². The number of nitrogens with zero attached hydrogens (tertiary/aromatic N) is 4. The summed E-state index contributed by atoms with van der Waals surface area (Å²) >= 11 is 1.63. The Hall–Kier alpha value is -1.62. The Bertz CT molecular complexity index is 689. The van der Waals surface area contributed by atoms with Crippen LogP contribution in [0.5, 0.6) is 5.75 Å². The van der Waals surface area contributed by atoms with Crippen molar-refractivity contribution in [2.24, 2.45) is 10.7 Å². The number of rotatable bonds is 3. The molecule has 1 aromatic heterocycles. The highest BCUT2D eigenvalue weighted by Gasteiger charge is 2.19. The van der Waals surface area contributed by atoms with Gasteiger partial charge in [-0.1, -0.05) is 6.07 Å². The van der Waals surface area contributed by atoms with Crippen LogP contribution in [0.1, 0.15) is 5.56 Å². The van der Waals surface area contributed by atoms with Gasteiger partial charge in [0.25, 0.3) is 0 Å². The topological polar surface area (TPSA) is 78.0 Å². The number of aromatic hydroxyl groups is 1. The van der Waals surface area contributed by atoms with Crippen molar-refractivity contribution in [1.29, 1.82) is 0 Å². The Labute approximate surface area is 160 Å². The van der Waals surface area contributed by atoms with E-state index < -0.39 is 5.82 Å². The quantitative estimate of drug-likeness (QED) is 0.415. The van der Waals surface area contributed by atoms with Crippen LogP contribution < -0.4 is 10.6 Å². The zero-order valence-corrected chi connectivity index (χ0v) is 16.1. The molecule has 0 aliphatic carbocycles. The van der Waals surface area contributed by atoms with Gasteiger partial charge in [-0.3, -0.25) is 0 Å². The second-order valence-electron chi connectivity index (χ2n) is 5.25. The molecule has 0 amide bonds. The molecule has 1 saturated heterocycles. The number of phenolic OH excluding ortho intramolecular Hbond substituents is 1. The van der Waals surface area contributed by atoms with Gasteiger partial charge in [0.2, 0.25) is 0 Å². The minimum Gasteiger partial charge on any atom is -0.505 e. The van der Waals surface area contributed by atoms with E-state index in [1.165, 1.54) is 12.1 Å². The highest BCUT2D eigenvalue weighted by molar-refractivity contribution is 14.0. The number of piperazine rings is 1. The lowest BCUT2D eigenvalue weighted by molar-refractivity contribution is 0.380. The second-order valence-corrected chi connectivity index (χ2v) is 6.12. The number of thiazole rings is 1. The van der Waals surface area contributed by atoms with Crippen molar-refractivity contribution < 1.29 is 9.50 Å². The number of hydrogen-bond acceptors (Lipinski definition) is 5. The molecule has 0 saturated carbocycles. The van der Waals surface area contributed by atoms with Gasteiger partial charge in [-0.2, -0.15) is 0 Å². The average Bonchev–Trinajstić information content (AvgIpc) is 3.10. The predicted molar refractivity (Wildman–Crippen MR) is 105 cm³/mol. The highest BCUT2D eigenvalue weighted by Crippen LogP contribution is 2.19. The fraction of sp³-hybridized carbons (Fsp3) is 0.333. The Balaban J connectivity index is 0.00000208. The van der Waals surface area contributed by atoms with Crippen LogP contribution in [0.25, 0.3) is 0 Å². The van der Waals surface area contributed by atoms with E-state index in [0.717, 1.165) is 31.3 Å². The van der Waals surface area contributed by atoms with Crippen molar-refractivity contribution >= 4 is 46.4 Å². The molecule has 0 atom stereocenters. The fourth-order valence-electron chi connectivity index (χ4n) is 2.42. The maximum Gasteiger partial charge on any atom is 0.191 e. The molecule has 1 aliphatic heterocycles. The minimum absolute atomic E-state index is 0. The molecule has 6 nitrogen and oxygen atoms in total. The molecule has 9 heteroatoms. The smallest absolute Gasteiger partial charge is 0.191 e. The molecule has 3 N–H and O–H groups in total. The first-order valence-electron chi connectivity index (χ1n) is 7.30. The summed E-state index contributed by atoms with van der Waals surface area (Å²) in [5, 5.41) is 12.2. The monoisotopic (exact) mass is 463 g/mol. The van der Waals surface area contributed by atoms with Gasteiger partial charge < -0.3 is 20.6 Å². The maximum atomic E-state index is 13.3. The van der Waals surface area contributed by atoms with E-state index in [9.17, 15) is 9.50 Å². The zero-order chi connectivity index (χ0) is 16.2. The number of anilines is 1. The number of halogens is 2. The summed E-state index contributed by atoms with van der Waals surface area (Å²) in [5.74, 6) is -0.547. The summed E-state index contributed by atoms with van der Waals surface area (Å²) < 4.78 is 13.3. The molecule has 1 aliphatic rings. The van der Waals surface area contributed by atoms with Gasteiger partial charge in [0.05, 0.1) is 6.54 Å². The largest absolute Gasteiger partial charge is 0.505 e. The van der Waals surface area contributed by atoms with E-state index in [-0.39, 0.29) is 36.3 Å². The lowest BCUT2D eigenvalue weighted by atomic mass is 10.2. The standard InChI is InChI=1S/C15H18FN5OS.HI/c16-12-9-11(1-2-13(12)22)10-19-14(17)20-4-6-21(7-5-20)15-18-3-8-23-15;/h1-3,8-9,22H,4-7,10H2,(H2,17,19);1H. The SMILES string of the molecule is I.NC(=NCc1ccc(O)c(F)c1)N1CCN(c2nccs2)CC1. The number of phenols is 1. The number of hydrogen-bond donors (Lipinski definition) is 2. The van der Waals surface area contributed by atoms with Crippen LogP contribution in [0.4, 0.5) is 9.52 Å². The van der Waals surface area contributed by atoms with E-state index in [1.54, 1.807) is 23.6 Å². The van der Waals surface area contributed by atoms with Crippen molar-refractivity contribution in [1.82, 2.24) is 9.88 Å². The molecule has 0 unspecified atom stereocenters. The van der Waals surface area contributed by atoms with Crippen LogP contribution in [0.15, 0.2) is 34.8 Å². The molecule has 2 heterocycles. The lowest BCUT2D eigenvalue weighted by Crippen LogP contribution is -2.51. The molecule has 3 rings (SSSR count). The Morgan fingerprint density at radius 2 is 2.08 bits per heavy atom. The van der Waals surface area contributed by atoms with Crippen LogP contribution in [0, 0.1) is 5.82 Å². The zero-order valence-electron chi connectivity index (χ0n) is 12.9. The van der Waals surface area contributed by atoms with Crippen LogP contribution >= 0.6 is 35.3 Å². The van der Waals surface area contributed by atoms with Crippen molar-refractivity contribution in [3.8, 4) is 5.75 Å². The van der Waals surface area contributed by atoms with Crippen molar-refractivity contribution in [2.75, 3.05) is 31.1 Å². The lowest BCUT2D eigenvalue weighted by Gasteiger charge is -2.35. The second kappa shape index (κ2) is 8.47. The van der Waals surface area contributed by atoms with Gasteiger partial charge in [-0.05, 0) is 17.7 Å². The summed E-state index contributed by atoms with van der Waals surface area (Å²) in [5.41, 5.74) is 6.70. The third kappa shape index (κ3) is 4.47. The molecular weight excluding hydrogens is 444 g/mol. The highest BCUT2D eigenvalue weighted by atomic mass is 127. The fourth-order valence-corrected chi connectivity index (χ4v) is 3.12. The molecule has 0 radical (unpaired) electrons. The average molecular weight is 463 g/mol. The first-order chi connectivity index (χ1) is 11.1. The molecule has 2 aromatic rings. The first-order valence-corrected chi connectivity index (χ1v) is 8.18. The Morgan fingerprint density at radius 3 is 2.71 bits per heavy atom. The number of aromatic nitrogens is 1. The number of nitrogens with two attached hydrogens (primary N) is 1. The van der Waals surface area contributed by atoms with Gasteiger partial charge in [-0.25, -0.2) is 14.4 Å². The Morgan fingerprint density at radius 1 is 1.33 bits per heavy atom. The molecule has 130 valence electrons. The van der Waals surface area contributed by atoms with Gasteiger partial charge in [0.1, 0.15) is 0 Å². The van der Waals surface area contributed by atoms with Crippen molar-refractivity contribution in [3.63, 3.8) is 0 Å². The summed E-state index contributed by atoms with van der Waals surface area (Å²) in [7, 11) is 0. The van der Waals surface area contributed by atoms with E-state index in [1.807, 2.05) is 10.3 Å². The first kappa shape index (κ1) is 18.7. The molecule has 1 fully saturated rings. The normalized spacial score (nSPS) is 15.3. The van der Waals surface area contributed by atoms with E-state index in [4.69, 9.17) is 5.73 Å². The number of aliphatic imine (C=N–C) groups is 1. The molecule has 0 spiro atoms. The molecule has 1 aromatic carbocycles. The maximum absolute atomic E-state index is 13.3. The van der Waals surface area contributed by atoms with Gasteiger partial charge >= 0.3 is 0 Å². The number of guanidine groups is 1. The molecular formula is C15H19FIN5OS. The summed E-state index contributed by atoms with van der Waals surface area (Å²) in [4.78, 5) is 12.9. The Kier molecular flexibility index (Phi) is 6.60. The summed E-state index contributed by atoms with van der Waals surface area (Å²) in [6, 6.07) is 4.23. The third-order valence-corrected chi connectivity index (χ3v) is 4.56. The third-order valence-electron chi connectivity index (χ3n) is 3.73. The molecule has 24 heavy (non-hydrogen) atoms. The van der Waals surface area contributed by atoms with Crippen LogP contribution in [-0.2, 0) is 6.54 Å². The summed E-state index contributed by atoms with van der Waals surface area (Å²) in [6.07, 6.45) is 1.80. The van der Waals surface area contributed by atoms with Crippen LogP contribution in [0.2, 0.25) is 0 Å². The van der Waals surface area contributed by atoms with Gasteiger partial charge in [-0.15, -0.1) is 35.3 Å². The van der Waals surface area contributed by atoms with E-state index >= 15 is 0 Å². The number of benzene rings is 1. The van der Waals surface area contributed by atoms with Crippen molar-refractivity contribution in [3.05, 3.63) is 41.2 Å². The van der Waals surface area contributed by atoms with Gasteiger partial charge in [0.15, 0.2) is 22.7 Å². The van der Waals surface area contributed by atoms with E-state index in [0.29, 0.717) is 11.5 Å². The van der Waals surface area contributed by atoms with E-state index in [2.05, 4.69) is 14.9 Å². The summed E-state index contributed by atoms with van der Waals surface area (Å²) in [6.45, 7) is 3.53. The minimum atomic E-state index is -0.645. The van der Waals surface area contributed by atoms with Gasteiger partial charge in [0, 0.05) is 37.8 Å². The molecule has 0 bridgehead atoms. The van der Waals surface area contributed by atoms with Crippen LogP contribution in [-0.4, -0.2) is 47.1 Å². The van der Waals surface area contributed by atoms with Crippen LogP contribution in [0.3, 0.4) is 0 Å². The predicted octanol–water partition coefficient (Wildman–Crippen LogP) is 2.24.